The predicted molar refractivity (Wildman–Crippen MR) is 102 cm³/mol. The highest BCUT2D eigenvalue weighted by Gasteiger charge is 2.15. The maximum Gasteiger partial charge on any atom is 0.272 e. The molecule has 0 saturated carbocycles. The Morgan fingerprint density at radius 2 is 1.88 bits per heavy atom. The van der Waals surface area contributed by atoms with Gasteiger partial charge in [0.1, 0.15) is 15.8 Å². The second-order valence-corrected chi connectivity index (χ2v) is 8.23. The number of aromatic nitrogens is 2. The molecule has 3 rings (SSSR count). The summed E-state index contributed by atoms with van der Waals surface area (Å²) < 4.78 is 32.1. The lowest BCUT2D eigenvalue weighted by Gasteiger charge is -2.08. The third-order valence-electron chi connectivity index (χ3n) is 3.52. The number of thiophene rings is 1. The zero-order chi connectivity index (χ0) is 18.4. The van der Waals surface area contributed by atoms with E-state index in [1.807, 2.05) is 24.3 Å². The van der Waals surface area contributed by atoms with Gasteiger partial charge in [-0.2, -0.15) is 0 Å². The van der Waals surface area contributed by atoms with Crippen LogP contribution in [0.1, 0.15) is 5.56 Å². The summed E-state index contributed by atoms with van der Waals surface area (Å²) in [6.07, 6.45) is 0.797. The molecule has 1 aromatic carbocycles. The van der Waals surface area contributed by atoms with Gasteiger partial charge in [-0.3, -0.25) is 4.72 Å². The molecule has 2 N–H and O–H groups in total. The van der Waals surface area contributed by atoms with Gasteiger partial charge in [-0.25, -0.2) is 8.42 Å². The molecule has 0 aliphatic heterocycles. The lowest BCUT2D eigenvalue weighted by Crippen LogP contribution is -2.13. The van der Waals surface area contributed by atoms with E-state index >= 15 is 0 Å². The normalized spacial score (nSPS) is 11.1. The minimum Gasteiger partial charge on any atom is -0.497 e. The van der Waals surface area contributed by atoms with Gasteiger partial charge >= 0.3 is 0 Å². The quantitative estimate of drug-likeness (QED) is 0.614. The van der Waals surface area contributed by atoms with Crippen LogP contribution in [0.2, 0.25) is 0 Å². The number of benzene rings is 1. The van der Waals surface area contributed by atoms with Gasteiger partial charge in [0.2, 0.25) is 0 Å². The third-order valence-corrected chi connectivity index (χ3v) is 6.27. The van der Waals surface area contributed by atoms with Crippen molar-refractivity contribution in [3.8, 4) is 5.75 Å². The maximum absolute atomic E-state index is 12.1. The molecule has 0 aliphatic rings. The summed E-state index contributed by atoms with van der Waals surface area (Å²) in [7, 11) is -1.97. The molecule has 3 aromatic rings. The summed E-state index contributed by atoms with van der Waals surface area (Å²) in [5.74, 6) is 1.58. The van der Waals surface area contributed by atoms with Gasteiger partial charge in [-0.15, -0.1) is 21.5 Å². The molecule has 0 unspecified atom stereocenters. The first-order chi connectivity index (χ1) is 12.6. The van der Waals surface area contributed by atoms with Crippen LogP contribution in [0.25, 0.3) is 0 Å². The van der Waals surface area contributed by atoms with Crippen molar-refractivity contribution in [1.29, 1.82) is 0 Å². The second kappa shape index (κ2) is 8.15. The number of hydrogen-bond acceptors (Lipinski definition) is 7. The standard InChI is InChI=1S/C17H18N4O3S2/c1-24-14-5-2-4-13(12-14)9-10-18-15-7-8-16(20-19-15)21-26(22,23)17-6-3-11-25-17/h2-8,11-12H,9-10H2,1H3,(H,18,19)(H,20,21). The molecule has 0 amide bonds. The van der Waals surface area contributed by atoms with E-state index in [0.29, 0.717) is 12.4 Å². The largest absolute Gasteiger partial charge is 0.497 e. The van der Waals surface area contributed by atoms with E-state index in [0.717, 1.165) is 29.1 Å². The van der Waals surface area contributed by atoms with Crippen molar-refractivity contribution in [3.63, 3.8) is 0 Å². The highest BCUT2D eigenvalue weighted by Crippen LogP contribution is 2.19. The molecule has 2 aromatic heterocycles. The zero-order valence-corrected chi connectivity index (χ0v) is 15.7. The Kier molecular flexibility index (Phi) is 5.69. The van der Waals surface area contributed by atoms with E-state index in [1.165, 1.54) is 6.07 Å². The lowest BCUT2D eigenvalue weighted by atomic mass is 10.1. The molecule has 0 spiro atoms. The molecule has 2 heterocycles. The summed E-state index contributed by atoms with van der Waals surface area (Å²) in [4.78, 5) is 0. The van der Waals surface area contributed by atoms with Gasteiger partial charge in [0.15, 0.2) is 5.82 Å². The van der Waals surface area contributed by atoms with E-state index in [2.05, 4.69) is 20.2 Å². The van der Waals surface area contributed by atoms with Crippen LogP contribution in [0.4, 0.5) is 11.6 Å². The van der Waals surface area contributed by atoms with Crippen LogP contribution in [-0.4, -0.2) is 32.3 Å². The molecule has 0 radical (unpaired) electrons. The fourth-order valence-electron chi connectivity index (χ4n) is 2.25. The summed E-state index contributed by atoms with van der Waals surface area (Å²) in [6.45, 7) is 0.669. The molecule has 0 saturated heterocycles. The fraction of sp³-hybridized carbons (Fsp3) is 0.176. The van der Waals surface area contributed by atoms with Gasteiger partial charge in [-0.05, 0) is 47.7 Å². The van der Waals surface area contributed by atoms with Crippen molar-refractivity contribution in [2.45, 2.75) is 10.6 Å². The summed E-state index contributed by atoms with van der Waals surface area (Å²) >= 11 is 1.14. The van der Waals surface area contributed by atoms with Crippen LogP contribution >= 0.6 is 11.3 Å². The molecular formula is C17H18N4O3S2. The van der Waals surface area contributed by atoms with Gasteiger partial charge in [0.25, 0.3) is 10.0 Å². The first-order valence-corrected chi connectivity index (χ1v) is 10.2. The number of ether oxygens (including phenoxy) is 1. The monoisotopic (exact) mass is 390 g/mol. The highest BCUT2D eigenvalue weighted by atomic mass is 32.2. The topological polar surface area (TPSA) is 93.2 Å². The molecule has 0 bridgehead atoms. The Morgan fingerprint density at radius 1 is 1.08 bits per heavy atom. The van der Waals surface area contributed by atoms with E-state index in [4.69, 9.17) is 4.74 Å². The van der Waals surface area contributed by atoms with Crippen molar-refractivity contribution in [2.75, 3.05) is 23.7 Å². The fourth-order valence-corrected chi connectivity index (χ4v) is 4.24. The van der Waals surface area contributed by atoms with Crippen LogP contribution in [0, 0.1) is 0 Å². The van der Waals surface area contributed by atoms with E-state index in [-0.39, 0.29) is 10.0 Å². The lowest BCUT2D eigenvalue weighted by molar-refractivity contribution is 0.414. The van der Waals surface area contributed by atoms with Gasteiger partial charge in [0.05, 0.1) is 7.11 Å². The van der Waals surface area contributed by atoms with E-state index in [9.17, 15) is 8.42 Å². The Labute approximate surface area is 156 Å². The molecule has 0 aliphatic carbocycles. The van der Waals surface area contributed by atoms with Gasteiger partial charge in [-0.1, -0.05) is 18.2 Å². The number of rotatable bonds is 8. The number of sulfonamides is 1. The number of nitrogens with one attached hydrogen (secondary N) is 2. The summed E-state index contributed by atoms with van der Waals surface area (Å²) in [5, 5.41) is 12.8. The molecule has 9 heteroatoms. The maximum atomic E-state index is 12.1. The third kappa shape index (κ3) is 4.70. The Morgan fingerprint density at radius 3 is 2.58 bits per heavy atom. The van der Waals surface area contributed by atoms with Crippen molar-refractivity contribution in [3.05, 3.63) is 59.5 Å². The van der Waals surface area contributed by atoms with Gasteiger partial charge < -0.3 is 10.1 Å². The average Bonchev–Trinajstić information content (AvgIpc) is 3.19. The number of hydrogen-bond donors (Lipinski definition) is 2. The molecule has 7 nitrogen and oxygen atoms in total. The van der Waals surface area contributed by atoms with E-state index in [1.54, 1.807) is 30.7 Å². The molecular weight excluding hydrogens is 372 g/mol. The Balaban J connectivity index is 1.54. The van der Waals surface area contributed by atoms with Crippen molar-refractivity contribution < 1.29 is 13.2 Å². The molecule has 136 valence electrons. The van der Waals surface area contributed by atoms with Crippen LogP contribution in [0.5, 0.6) is 5.75 Å². The summed E-state index contributed by atoms with van der Waals surface area (Å²) in [6, 6.07) is 14.3. The smallest absolute Gasteiger partial charge is 0.272 e. The minimum atomic E-state index is -3.61. The van der Waals surface area contributed by atoms with E-state index < -0.39 is 10.0 Å². The van der Waals surface area contributed by atoms with Crippen LogP contribution in [0.3, 0.4) is 0 Å². The molecule has 0 atom stereocenters. The minimum absolute atomic E-state index is 0.178. The van der Waals surface area contributed by atoms with Crippen LogP contribution in [-0.2, 0) is 16.4 Å². The average molecular weight is 390 g/mol. The van der Waals surface area contributed by atoms with Crippen LogP contribution in [0.15, 0.2) is 58.1 Å². The Hall–Kier alpha value is -2.65. The Bertz CT molecular complexity index is 942. The molecule has 26 heavy (non-hydrogen) atoms. The highest BCUT2D eigenvalue weighted by molar-refractivity contribution is 7.94. The van der Waals surface area contributed by atoms with Crippen molar-refractivity contribution in [1.82, 2.24) is 10.2 Å². The second-order valence-electron chi connectivity index (χ2n) is 5.37. The summed E-state index contributed by atoms with van der Waals surface area (Å²) in [5.41, 5.74) is 1.14. The number of anilines is 2. The first-order valence-electron chi connectivity index (χ1n) is 7.84. The van der Waals surface area contributed by atoms with Crippen LogP contribution < -0.4 is 14.8 Å². The number of nitrogens with zero attached hydrogens (tertiary/aromatic N) is 2. The predicted octanol–water partition coefficient (Wildman–Crippen LogP) is 3.00. The number of methoxy groups -OCH3 is 1. The van der Waals surface area contributed by atoms with Crippen molar-refractivity contribution >= 4 is 33.0 Å². The first kappa shape index (κ1) is 18.2. The zero-order valence-electron chi connectivity index (χ0n) is 14.0. The van der Waals surface area contributed by atoms with Crippen molar-refractivity contribution in [2.24, 2.45) is 0 Å². The SMILES string of the molecule is COc1cccc(CCNc2ccc(NS(=O)(=O)c3cccs3)nn2)c1. The molecule has 0 fully saturated rings. The van der Waals surface area contributed by atoms with Gasteiger partial charge in [0, 0.05) is 6.54 Å².